The first-order chi connectivity index (χ1) is 11.3. The van der Waals surface area contributed by atoms with Crippen LogP contribution in [0.4, 0.5) is 8.78 Å². The molecule has 1 N–H and O–H groups in total. The Bertz CT molecular complexity index is 775. The second-order valence-electron chi connectivity index (χ2n) is 5.57. The minimum Gasteiger partial charge on any atom is -0.435 e. The average molecular weight is 355 g/mol. The SMILES string of the molecule is CC(C)c1ccc(S(=O)(=O)NCc2cccc(OC(F)F)c2)cc1. The summed E-state index contributed by atoms with van der Waals surface area (Å²) in [5.41, 5.74) is 1.57. The Kier molecular flexibility index (Phi) is 5.90. The molecule has 0 saturated heterocycles. The molecule has 2 aromatic rings. The molecule has 2 rings (SSSR count). The molecule has 0 heterocycles. The maximum atomic E-state index is 12.3. The molecule has 24 heavy (non-hydrogen) atoms. The summed E-state index contributed by atoms with van der Waals surface area (Å²) in [7, 11) is -3.68. The van der Waals surface area contributed by atoms with Gasteiger partial charge in [-0.2, -0.15) is 8.78 Å². The third-order valence-electron chi connectivity index (χ3n) is 3.45. The summed E-state index contributed by atoms with van der Waals surface area (Å²) >= 11 is 0. The van der Waals surface area contributed by atoms with E-state index in [1.54, 1.807) is 30.3 Å². The highest BCUT2D eigenvalue weighted by molar-refractivity contribution is 7.89. The fourth-order valence-corrected chi connectivity index (χ4v) is 3.14. The van der Waals surface area contributed by atoms with Crippen LogP contribution in [0, 0.1) is 0 Å². The van der Waals surface area contributed by atoms with Gasteiger partial charge < -0.3 is 4.74 Å². The first kappa shape index (κ1) is 18.4. The third-order valence-corrected chi connectivity index (χ3v) is 4.86. The highest BCUT2D eigenvalue weighted by Gasteiger charge is 2.14. The predicted molar refractivity (Wildman–Crippen MR) is 87.6 cm³/mol. The summed E-state index contributed by atoms with van der Waals surface area (Å²) in [6.07, 6.45) is 0. The summed E-state index contributed by atoms with van der Waals surface area (Å²) in [5.74, 6) is 0.301. The van der Waals surface area contributed by atoms with Crippen LogP contribution in [0.1, 0.15) is 30.9 Å². The largest absolute Gasteiger partial charge is 0.435 e. The molecule has 4 nitrogen and oxygen atoms in total. The van der Waals surface area contributed by atoms with Crippen molar-refractivity contribution in [3.63, 3.8) is 0 Å². The fourth-order valence-electron chi connectivity index (χ4n) is 2.13. The highest BCUT2D eigenvalue weighted by Crippen LogP contribution is 2.19. The number of hydrogen-bond donors (Lipinski definition) is 1. The minimum absolute atomic E-state index is 0.0111. The molecular formula is C17H19F2NO3S. The maximum absolute atomic E-state index is 12.3. The van der Waals surface area contributed by atoms with Gasteiger partial charge in [0, 0.05) is 6.54 Å². The highest BCUT2D eigenvalue weighted by atomic mass is 32.2. The number of nitrogens with one attached hydrogen (secondary N) is 1. The van der Waals surface area contributed by atoms with Crippen LogP contribution in [0.25, 0.3) is 0 Å². The normalized spacial score (nSPS) is 11.9. The summed E-state index contributed by atoms with van der Waals surface area (Å²) < 4.78 is 55.7. The number of rotatable bonds is 7. The average Bonchev–Trinajstić information content (AvgIpc) is 2.53. The van der Waals surface area contributed by atoms with Gasteiger partial charge in [-0.05, 0) is 41.3 Å². The van der Waals surface area contributed by atoms with E-state index in [4.69, 9.17) is 0 Å². The molecule has 0 unspecified atom stereocenters. The Labute approximate surface area is 140 Å². The van der Waals surface area contributed by atoms with E-state index in [1.165, 1.54) is 18.2 Å². The van der Waals surface area contributed by atoms with Crippen molar-refractivity contribution in [2.24, 2.45) is 0 Å². The van der Waals surface area contributed by atoms with Crippen molar-refractivity contribution in [1.82, 2.24) is 4.72 Å². The van der Waals surface area contributed by atoms with Crippen LogP contribution < -0.4 is 9.46 Å². The van der Waals surface area contributed by atoms with Gasteiger partial charge in [-0.1, -0.05) is 38.1 Å². The molecule has 0 fully saturated rings. The Morgan fingerprint density at radius 3 is 2.33 bits per heavy atom. The second-order valence-corrected chi connectivity index (χ2v) is 7.34. The fraction of sp³-hybridized carbons (Fsp3) is 0.294. The van der Waals surface area contributed by atoms with E-state index in [2.05, 4.69) is 9.46 Å². The summed E-state index contributed by atoms with van der Waals surface area (Å²) in [6, 6.07) is 12.6. The van der Waals surface area contributed by atoms with Crippen molar-refractivity contribution < 1.29 is 21.9 Å². The summed E-state index contributed by atoms with van der Waals surface area (Å²) in [6.45, 7) is 1.11. The van der Waals surface area contributed by atoms with Gasteiger partial charge in [0.1, 0.15) is 5.75 Å². The molecule has 0 aliphatic heterocycles. The van der Waals surface area contributed by atoms with Gasteiger partial charge in [-0.25, -0.2) is 13.1 Å². The molecule has 2 aromatic carbocycles. The zero-order valence-corrected chi connectivity index (χ0v) is 14.2. The number of benzene rings is 2. The lowest BCUT2D eigenvalue weighted by Crippen LogP contribution is -2.23. The Morgan fingerprint density at radius 2 is 1.75 bits per heavy atom. The van der Waals surface area contributed by atoms with Gasteiger partial charge in [0.25, 0.3) is 0 Å². The van der Waals surface area contributed by atoms with Crippen molar-refractivity contribution in [1.29, 1.82) is 0 Å². The maximum Gasteiger partial charge on any atom is 0.387 e. The zero-order valence-electron chi connectivity index (χ0n) is 13.4. The standard InChI is InChI=1S/C17H19F2NO3S/c1-12(2)14-6-8-16(9-7-14)24(21,22)20-11-13-4-3-5-15(10-13)23-17(18)19/h3-10,12,17,20H,11H2,1-2H3. The van der Waals surface area contributed by atoms with Crippen molar-refractivity contribution in [3.8, 4) is 5.75 Å². The number of ether oxygens (including phenoxy) is 1. The number of halogens is 2. The summed E-state index contributed by atoms with van der Waals surface area (Å²) in [4.78, 5) is 0.159. The van der Waals surface area contributed by atoms with Gasteiger partial charge in [0.15, 0.2) is 0 Å². The van der Waals surface area contributed by atoms with Crippen LogP contribution in [0.15, 0.2) is 53.4 Å². The zero-order chi connectivity index (χ0) is 17.7. The van der Waals surface area contributed by atoms with Gasteiger partial charge in [0.05, 0.1) is 4.90 Å². The predicted octanol–water partition coefficient (Wildman–Crippen LogP) is 3.89. The van der Waals surface area contributed by atoms with E-state index < -0.39 is 16.6 Å². The van der Waals surface area contributed by atoms with Gasteiger partial charge in [-0.15, -0.1) is 0 Å². The molecule has 0 aromatic heterocycles. The molecule has 0 spiro atoms. The van der Waals surface area contributed by atoms with E-state index in [-0.39, 0.29) is 17.2 Å². The molecule has 0 atom stereocenters. The molecule has 7 heteroatoms. The minimum atomic E-state index is -3.68. The van der Waals surface area contributed by atoms with Crippen molar-refractivity contribution in [2.75, 3.05) is 0 Å². The number of sulfonamides is 1. The topological polar surface area (TPSA) is 55.4 Å². The Balaban J connectivity index is 2.07. The van der Waals surface area contributed by atoms with Crippen LogP contribution in [0.3, 0.4) is 0 Å². The van der Waals surface area contributed by atoms with E-state index >= 15 is 0 Å². The van der Waals surface area contributed by atoms with Crippen molar-refractivity contribution >= 4 is 10.0 Å². The van der Waals surface area contributed by atoms with Gasteiger partial charge in [0.2, 0.25) is 10.0 Å². The van der Waals surface area contributed by atoms with Gasteiger partial charge in [-0.3, -0.25) is 0 Å². The monoisotopic (exact) mass is 355 g/mol. The van der Waals surface area contributed by atoms with Crippen LogP contribution in [0.5, 0.6) is 5.75 Å². The van der Waals surface area contributed by atoms with Crippen LogP contribution in [0.2, 0.25) is 0 Å². The van der Waals surface area contributed by atoms with E-state index in [0.29, 0.717) is 11.5 Å². The molecule has 0 aliphatic rings. The van der Waals surface area contributed by atoms with Gasteiger partial charge >= 0.3 is 6.61 Å². The lowest BCUT2D eigenvalue weighted by molar-refractivity contribution is -0.0498. The van der Waals surface area contributed by atoms with Crippen molar-refractivity contribution in [3.05, 3.63) is 59.7 Å². The second kappa shape index (κ2) is 7.72. The Morgan fingerprint density at radius 1 is 1.08 bits per heavy atom. The van der Waals surface area contributed by atoms with Crippen LogP contribution in [-0.4, -0.2) is 15.0 Å². The Hall–Kier alpha value is -1.99. The lowest BCUT2D eigenvalue weighted by Gasteiger charge is -2.10. The third kappa shape index (κ3) is 5.01. The summed E-state index contributed by atoms with van der Waals surface area (Å²) in [5, 5.41) is 0. The molecule has 0 bridgehead atoms. The molecule has 0 saturated carbocycles. The molecular weight excluding hydrogens is 336 g/mol. The van der Waals surface area contributed by atoms with E-state index in [9.17, 15) is 17.2 Å². The first-order valence-corrected chi connectivity index (χ1v) is 8.89. The molecule has 130 valence electrons. The number of hydrogen-bond acceptors (Lipinski definition) is 3. The van der Waals surface area contributed by atoms with Crippen molar-refractivity contribution in [2.45, 2.75) is 37.8 Å². The molecule has 0 aliphatic carbocycles. The number of alkyl halides is 2. The molecule has 0 amide bonds. The molecule has 0 radical (unpaired) electrons. The smallest absolute Gasteiger partial charge is 0.387 e. The lowest BCUT2D eigenvalue weighted by atomic mass is 10.0. The van der Waals surface area contributed by atoms with E-state index in [0.717, 1.165) is 5.56 Å². The quantitative estimate of drug-likeness (QED) is 0.820. The van der Waals surface area contributed by atoms with E-state index in [1.807, 2.05) is 13.8 Å². The van der Waals surface area contributed by atoms with Crippen LogP contribution in [-0.2, 0) is 16.6 Å². The van der Waals surface area contributed by atoms with Crippen LogP contribution >= 0.6 is 0 Å². The first-order valence-electron chi connectivity index (χ1n) is 7.41.